The molecule has 54 valence electrons. The van der Waals surface area contributed by atoms with Gasteiger partial charge in [0.1, 0.15) is 0 Å². The first-order chi connectivity index (χ1) is 4.20. The molecule has 2 unspecified atom stereocenters. The molecule has 2 nitrogen and oxygen atoms in total. The number of nitrogens with zero attached hydrogens (tertiary/aromatic N) is 1. The van der Waals surface area contributed by atoms with E-state index in [1.54, 1.807) is 0 Å². The van der Waals surface area contributed by atoms with Gasteiger partial charge in [0.05, 0.1) is 6.17 Å². The van der Waals surface area contributed by atoms with Gasteiger partial charge in [-0.2, -0.15) is 0 Å². The molecule has 0 aromatic rings. The summed E-state index contributed by atoms with van der Waals surface area (Å²) in [6.07, 6.45) is 2.07. The van der Waals surface area contributed by atoms with Crippen molar-refractivity contribution in [2.24, 2.45) is 16.6 Å². The molecule has 0 aliphatic carbocycles. The van der Waals surface area contributed by atoms with E-state index in [1.807, 2.05) is 0 Å². The Labute approximate surface area is 57.2 Å². The number of nitrogens with two attached hydrogens (primary N) is 1. The van der Waals surface area contributed by atoms with Gasteiger partial charge in [-0.25, -0.2) is 0 Å². The Hall–Kier alpha value is -0.370. The van der Waals surface area contributed by atoms with E-state index in [-0.39, 0.29) is 6.17 Å². The van der Waals surface area contributed by atoms with Gasteiger partial charge in [-0.05, 0) is 19.1 Å². The van der Waals surface area contributed by atoms with Gasteiger partial charge in [0.25, 0.3) is 0 Å². The molecule has 0 aromatic heterocycles. The lowest BCUT2D eigenvalue weighted by atomic mass is 10.0. The molecule has 0 spiro atoms. The third-order valence-corrected chi connectivity index (χ3v) is 1.58. The molecule has 0 fully saturated rings. The van der Waals surface area contributed by atoms with Crippen molar-refractivity contribution >= 4 is 6.72 Å². The van der Waals surface area contributed by atoms with Crippen molar-refractivity contribution in [1.29, 1.82) is 0 Å². The number of hydrogen-bond donors (Lipinski definition) is 1. The van der Waals surface area contributed by atoms with Gasteiger partial charge in [-0.15, -0.1) is 0 Å². The average molecular weight is 128 g/mol. The molecule has 0 aliphatic heterocycles. The van der Waals surface area contributed by atoms with Crippen molar-refractivity contribution in [3.8, 4) is 0 Å². The van der Waals surface area contributed by atoms with E-state index >= 15 is 0 Å². The minimum atomic E-state index is -0.0556. The second-order valence-electron chi connectivity index (χ2n) is 2.50. The zero-order valence-corrected chi connectivity index (χ0v) is 6.30. The molecule has 2 N–H and O–H groups in total. The molecule has 9 heavy (non-hydrogen) atoms. The number of aliphatic imine (C=N–C) groups is 1. The molecule has 2 heteroatoms. The third kappa shape index (κ3) is 4.15. The molecule has 2 atom stereocenters. The summed E-state index contributed by atoms with van der Waals surface area (Å²) in [5.41, 5.74) is 5.52. The Morgan fingerprint density at radius 2 is 2.22 bits per heavy atom. The minimum Gasteiger partial charge on any atom is -0.310 e. The maximum Gasteiger partial charge on any atom is 0.0964 e. The van der Waals surface area contributed by atoms with Crippen LogP contribution in [0.1, 0.15) is 26.7 Å². The number of hydrogen-bond acceptors (Lipinski definition) is 2. The monoisotopic (exact) mass is 128 g/mol. The van der Waals surface area contributed by atoms with Crippen LogP contribution in [-0.4, -0.2) is 12.9 Å². The van der Waals surface area contributed by atoms with Crippen LogP contribution < -0.4 is 5.73 Å². The van der Waals surface area contributed by atoms with Gasteiger partial charge in [0.2, 0.25) is 0 Å². The fraction of sp³-hybridized carbons (Fsp3) is 0.857. The van der Waals surface area contributed by atoms with Crippen molar-refractivity contribution < 1.29 is 0 Å². The molecular formula is C7H16N2. The van der Waals surface area contributed by atoms with E-state index in [0.29, 0.717) is 5.92 Å². The van der Waals surface area contributed by atoms with Gasteiger partial charge in [0.15, 0.2) is 0 Å². The van der Waals surface area contributed by atoms with E-state index in [1.165, 1.54) is 6.42 Å². The third-order valence-electron chi connectivity index (χ3n) is 1.58. The Bertz CT molecular complexity index is 81.0. The summed E-state index contributed by atoms with van der Waals surface area (Å²) in [7, 11) is 0. The van der Waals surface area contributed by atoms with E-state index in [9.17, 15) is 0 Å². The van der Waals surface area contributed by atoms with E-state index in [4.69, 9.17) is 5.73 Å². The summed E-state index contributed by atoms with van der Waals surface area (Å²) >= 11 is 0. The molecule has 0 bridgehead atoms. The molecule has 0 heterocycles. The Morgan fingerprint density at radius 3 is 2.56 bits per heavy atom. The largest absolute Gasteiger partial charge is 0.310 e. The normalized spacial score (nSPS) is 16.8. The van der Waals surface area contributed by atoms with Crippen LogP contribution in [0.4, 0.5) is 0 Å². The van der Waals surface area contributed by atoms with Crippen molar-refractivity contribution in [3.63, 3.8) is 0 Å². The highest BCUT2D eigenvalue weighted by molar-refractivity contribution is 5.23. The van der Waals surface area contributed by atoms with Gasteiger partial charge < -0.3 is 5.73 Å². The van der Waals surface area contributed by atoms with Crippen LogP contribution in [0.5, 0.6) is 0 Å². The van der Waals surface area contributed by atoms with E-state index in [0.717, 1.165) is 6.42 Å². The van der Waals surface area contributed by atoms with Gasteiger partial charge in [0, 0.05) is 0 Å². The first-order valence-electron chi connectivity index (χ1n) is 3.42. The first-order valence-corrected chi connectivity index (χ1v) is 3.42. The fourth-order valence-electron chi connectivity index (χ4n) is 0.653. The summed E-state index contributed by atoms with van der Waals surface area (Å²) in [5.74, 6) is 0.672. The van der Waals surface area contributed by atoms with E-state index in [2.05, 4.69) is 25.6 Å². The standard InChI is InChI=1S/C7H16N2/c1-4-6(2)5-7(8)9-3/h6-7H,3-5,8H2,1-2H3. The van der Waals surface area contributed by atoms with Crippen LogP contribution in [0.2, 0.25) is 0 Å². The first kappa shape index (κ1) is 8.63. The lowest BCUT2D eigenvalue weighted by Gasteiger charge is -2.10. The summed E-state index contributed by atoms with van der Waals surface area (Å²) < 4.78 is 0. The molecule has 0 rings (SSSR count). The maximum absolute atomic E-state index is 5.52. The highest BCUT2D eigenvalue weighted by Gasteiger charge is 2.03. The van der Waals surface area contributed by atoms with Crippen molar-refractivity contribution in [2.45, 2.75) is 32.9 Å². The van der Waals surface area contributed by atoms with Crippen LogP contribution in [0, 0.1) is 5.92 Å². The highest BCUT2D eigenvalue weighted by atomic mass is 14.9. The van der Waals surface area contributed by atoms with Crippen molar-refractivity contribution in [3.05, 3.63) is 0 Å². The quantitative estimate of drug-likeness (QED) is 0.571. The molecule has 0 aromatic carbocycles. The Balaban J connectivity index is 3.33. The summed E-state index contributed by atoms with van der Waals surface area (Å²) in [6.45, 7) is 7.70. The molecule has 0 amide bonds. The van der Waals surface area contributed by atoms with Crippen LogP contribution in [0.25, 0.3) is 0 Å². The topological polar surface area (TPSA) is 38.4 Å². The minimum absolute atomic E-state index is 0.0556. The van der Waals surface area contributed by atoms with Crippen LogP contribution in [0.3, 0.4) is 0 Å². The fourth-order valence-corrected chi connectivity index (χ4v) is 0.653. The predicted molar refractivity (Wildman–Crippen MR) is 41.6 cm³/mol. The molecule has 0 radical (unpaired) electrons. The summed E-state index contributed by atoms with van der Waals surface area (Å²) in [5, 5.41) is 0. The predicted octanol–water partition coefficient (Wildman–Crippen LogP) is 1.41. The van der Waals surface area contributed by atoms with Gasteiger partial charge >= 0.3 is 0 Å². The average Bonchev–Trinajstić information content (AvgIpc) is 1.87. The highest BCUT2D eigenvalue weighted by Crippen LogP contribution is 2.07. The summed E-state index contributed by atoms with van der Waals surface area (Å²) in [6, 6.07) is 0. The maximum atomic E-state index is 5.52. The molecule has 0 saturated carbocycles. The van der Waals surface area contributed by atoms with Crippen molar-refractivity contribution in [1.82, 2.24) is 0 Å². The zero-order chi connectivity index (χ0) is 7.28. The summed E-state index contributed by atoms with van der Waals surface area (Å²) in [4.78, 5) is 3.70. The molecule has 0 saturated heterocycles. The molecule has 0 aliphatic rings. The second-order valence-corrected chi connectivity index (χ2v) is 2.50. The van der Waals surface area contributed by atoms with Gasteiger partial charge in [-0.3, -0.25) is 4.99 Å². The van der Waals surface area contributed by atoms with Crippen LogP contribution in [-0.2, 0) is 0 Å². The van der Waals surface area contributed by atoms with Crippen molar-refractivity contribution in [2.75, 3.05) is 0 Å². The zero-order valence-electron chi connectivity index (χ0n) is 6.30. The van der Waals surface area contributed by atoms with Crippen LogP contribution >= 0.6 is 0 Å². The number of rotatable bonds is 4. The lowest BCUT2D eigenvalue weighted by Crippen LogP contribution is -2.19. The Morgan fingerprint density at radius 1 is 1.67 bits per heavy atom. The lowest BCUT2D eigenvalue weighted by molar-refractivity contribution is 0.462. The SMILES string of the molecule is C=NC(N)CC(C)CC. The Kier molecular flexibility index (Phi) is 4.32. The van der Waals surface area contributed by atoms with E-state index < -0.39 is 0 Å². The molecular weight excluding hydrogens is 112 g/mol. The van der Waals surface area contributed by atoms with Gasteiger partial charge in [-0.1, -0.05) is 20.3 Å². The smallest absolute Gasteiger partial charge is 0.0964 e. The van der Waals surface area contributed by atoms with Crippen LogP contribution in [0.15, 0.2) is 4.99 Å². The second kappa shape index (κ2) is 4.50.